The summed E-state index contributed by atoms with van der Waals surface area (Å²) in [6.45, 7) is 6.72. The van der Waals surface area contributed by atoms with Gasteiger partial charge in [0.15, 0.2) is 0 Å². The van der Waals surface area contributed by atoms with Crippen LogP contribution in [0, 0.1) is 19.7 Å². The van der Waals surface area contributed by atoms with Gasteiger partial charge in [-0.15, -0.1) is 0 Å². The summed E-state index contributed by atoms with van der Waals surface area (Å²) in [5, 5.41) is 2.93. The van der Waals surface area contributed by atoms with Gasteiger partial charge in [0.1, 0.15) is 18.4 Å². The third kappa shape index (κ3) is 8.11. The van der Waals surface area contributed by atoms with Gasteiger partial charge in [-0.1, -0.05) is 72.8 Å². The van der Waals surface area contributed by atoms with Crippen LogP contribution in [0.4, 0.5) is 10.1 Å². The molecule has 0 saturated heterocycles. The van der Waals surface area contributed by atoms with Gasteiger partial charge in [0.05, 0.1) is 10.6 Å². The fourth-order valence-electron chi connectivity index (χ4n) is 4.94. The van der Waals surface area contributed by atoms with Crippen LogP contribution in [-0.4, -0.2) is 43.8 Å². The third-order valence-electron chi connectivity index (χ3n) is 7.21. The number of carbonyl (C=O) groups is 2. The number of aryl methyl sites for hydroxylation is 2. The van der Waals surface area contributed by atoms with Gasteiger partial charge >= 0.3 is 0 Å². The summed E-state index contributed by atoms with van der Waals surface area (Å²) in [7, 11) is -4.19. The lowest BCUT2D eigenvalue weighted by molar-refractivity contribution is -0.140. The zero-order chi connectivity index (χ0) is 31.9. The molecular formula is C35H38FN3O4S. The Hall–Kier alpha value is -4.50. The molecule has 4 aromatic carbocycles. The predicted octanol–water partition coefficient (Wildman–Crippen LogP) is 5.80. The van der Waals surface area contributed by atoms with Crippen LogP contribution >= 0.6 is 0 Å². The second-order valence-electron chi connectivity index (χ2n) is 11.1. The van der Waals surface area contributed by atoms with Crippen molar-refractivity contribution in [3.05, 3.63) is 131 Å². The minimum Gasteiger partial charge on any atom is -0.352 e. The van der Waals surface area contributed by atoms with Crippen molar-refractivity contribution in [2.24, 2.45) is 0 Å². The molecule has 0 heterocycles. The van der Waals surface area contributed by atoms with Crippen LogP contribution in [0.25, 0.3) is 0 Å². The maximum absolute atomic E-state index is 14.5. The Bertz CT molecular complexity index is 1680. The van der Waals surface area contributed by atoms with Gasteiger partial charge in [0, 0.05) is 19.0 Å². The highest BCUT2D eigenvalue weighted by atomic mass is 32.2. The molecule has 0 saturated carbocycles. The number of anilines is 1. The molecule has 4 rings (SSSR count). The molecule has 0 aliphatic heterocycles. The number of hydrogen-bond donors (Lipinski definition) is 1. The highest BCUT2D eigenvalue weighted by Gasteiger charge is 2.35. The van der Waals surface area contributed by atoms with E-state index in [4.69, 9.17) is 0 Å². The van der Waals surface area contributed by atoms with Gasteiger partial charge in [0.2, 0.25) is 11.8 Å². The Labute approximate surface area is 259 Å². The van der Waals surface area contributed by atoms with Crippen LogP contribution in [0.1, 0.15) is 36.1 Å². The first-order chi connectivity index (χ1) is 21.0. The fourth-order valence-corrected chi connectivity index (χ4v) is 6.43. The van der Waals surface area contributed by atoms with E-state index < -0.39 is 34.3 Å². The largest absolute Gasteiger partial charge is 0.352 e. The van der Waals surface area contributed by atoms with Crippen LogP contribution < -0.4 is 9.62 Å². The number of carbonyl (C=O) groups excluding carboxylic acids is 2. The minimum atomic E-state index is -4.19. The molecule has 0 bridgehead atoms. The van der Waals surface area contributed by atoms with E-state index in [0.29, 0.717) is 16.8 Å². The highest BCUT2D eigenvalue weighted by Crippen LogP contribution is 2.29. The number of hydrogen-bond acceptors (Lipinski definition) is 4. The van der Waals surface area contributed by atoms with Crippen LogP contribution in [0.3, 0.4) is 0 Å². The number of sulfonamides is 1. The van der Waals surface area contributed by atoms with Crippen LogP contribution in [-0.2, 0) is 32.6 Å². The van der Waals surface area contributed by atoms with Crippen molar-refractivity contribution < 1.29 is 22.4 Å². The van der Waals surface area contributed by atoms with E-state index in [2.05, 4.69) is 5.32 Å². The summed E-state index contributed by atoms with van der Waals surface area (Å²) in [6.07, 6.45) is 0.196. The topological polar surface area (TPSA) is 86.8 Å². The van der Waals surface area contributed by atoms with Crippen molar-refractivity contribution in [3.63, 3.8) is 0 Å². The quantitative estimate of drug-likeness (QED) is 0.218. The summed E-state index contributed by atoms with van der Waals surface area (Å²) in [6, 6.07) is 27.2. The molecule has 0 aliphatic rings. The zero-order valence-corrected chi connectivity index (χ0v) is 26.2. The van der Waals surface area contributed by atoms with E-state index in [-0.39, 0.29) is 29.8 Å². The van der Waals surface area contributed by atoms with Gasteiger partial charge in [-0.25, -0.2) is 12.8 Å². The molecule has 230 valence electrons. The van der Waals surface area contributed by atoms with Gasteiger partial charge in [-0.05, 0) is 80.3 Å². The molecule has 9 heteroatoms. The maximum atomic E-state index is 14.5. The van der Waals surface area contributed by atoms with E-state index in [1.807, 2.05) is 63.2 Å². The summed E-state index contributed by atoms with van der Waals surface area (Å²) in [5.74, 6) is -1.38. The van der Waals surface area contributed by atoms with E-state index in [0.717, 1.165) is 15.4 Å². The van der Waals surface area contributed by atoms with E-state index in [1.165, 1.54) is 29.2 Å². The molecule has 7 nitrogen and oxygen atoms in total. The van der Waals surface area contributed by atoms with Gasteiger partial charge in [0.25, 0.3) is 10.0 Å². The molecule has 2 amide bonds. The van der Waals surface area contributed by atoms with Crippen LogP contribution in [0.5, 0.6) is 0 Å². The molecule has 0 aliphatic carbocycles. The molecule has 1 atom stereocenters. The molecule has 0 unspecified atom stereocenters. The number of rotatable bonds is 12. The smallest absolute Gasteiger partial charge is 0.264 e. The van der Waals surface area contributed by atoms with Gasteiger partial charge in [-0.2, -0.15) is 0 Å². The Balaban J connectivity index is 1.82. The first kappa shape index (κ1) is 32.4. The second kappa shape index (κ2) is 14.3. The molecule has 0 spiro atoms. The van der Waals surface area contributed by atoms with E-state index >= 15 is 0 Å². The summed E-state index contributed by atoms with van der Waals surface area (Å²) in [4.78, 5) is 29.6. The molecular weight excluding hydrogens is 577 g/mol. The first-order valence-electron chi connectivity index (χ1n) is 14.5. The van der Waals surface area contributed by atoms with Crippen LogP contribution in [0.15, 0.2) is 108 Å². The van der Waals surface area contributed by atoms with Crippen molar-refractivity contribution in [3.8, 4) is 0 Å². The van der Waals surface area contributed by atoms with Crippen LogP contribution in [0.2, 0.25) is 0 Å². The van der Waals surface area contributed by atoms with Gasteiger partial charge < -0.3 is 10.2 Å². The molecule has 4 aromatic rings. The average molecular weight is 616 g/mol. The Morgan fingerprint density at radius 2 is 1.43 bits per heavy atom. The lowest BCUT2D eigenvalue weighted by Crippen LogP contribution is -2.54. The number of benzene rings is 4. The summed E-state index contributed by atoms with van der Waals surface area (Å²) in [5.41, 5.74) is 3.30. The average Bonchev–Trinajstić information content (AvgIpc) is 3.00. The Morgan fingerprint density at radius 1 is 0.818 bits per heavy atom. The van der Waals surface area contributed by atoms with Gasteiger partial charge in [-0.3, -0.25) is 13.9 Å². The number of halogens is 1. The zero-order valence-electron chi connectivity index (χ0n) is 25.4. The van der Waals surface area contributed by atoms with E-state index in [9.17, 15) is 22.4 Å². The number of nitrogens with one attached hydrogen (secondary N) is 1. The number of nitrogens with zero attached hydrogens (tertiary/aromatic N) is 2. The molecule has 0 radical (unpaired) electrons. The highest BCUT2D eigenvalue weighted by molar-refractivity contribution is 7.92. The monoisotopic (exact) mass is 615 g/mol. The molecule has 1 N–H and O–H groups in total. The lowest BCUT2D eigenvalue weighted by atomic mass is 10.0. The molecule has 0 fully saturated rings. The van der Waals surface area contributed by atoms with Crippen molar-refractivity contribution in [1.82, 2.24) is 10.2 Å². The maximum Gasteiger partial charge on any atom is 0.264 e. The SMILES string of the molecule is Cc1ccc(C)c(N(CC(=O)N(Cc2ccc(F)cc2)[C@@H](Cc2ccccc2)C(=O)NC(C)C)S(=O)(=O)c2ccccc2)c1. The summed E-state index contributed by atoms with van der Waals surface area (Å²) >= 11 is 0. The van der Waals surface area contributed by atoms with E-state index in [1.54, 1.807) is 43.3 Å². The van der Waals surface area contributed by atoms with Crippen molar-refractivity contribution in [2.45, 2.75) is 57.6 Å². The molecule has 0 aromatic heterocycles. The molecule has 44 heavy (non-hydrogen) atoms. The van der Waals surface area contributed by atoms with Crippen molar-refractivity contribution in [1.29, 1.82) is 0 Å². The van der Waals surface area contributed by atoms with Crippen molar-refractivity contribution >= 4 is 27.5 Å². The Kier molecular flexibility index (Phi) is 10.5. The first-order valence-corrected chi connectivity index (χ1v) is 15.9. The predicted molar refractivity (Wildman–Crippen MR) is 171 cm³/mol. The number of amides is 2. The van der Waals surface area contributed by atoms with Crippen molar-refractivity contribution in [2.75, 3.05) is 10.8 Å². The fraction of sp³-hybridized carbons (Fsp3) is 0.257. The standard InChI is InChI=1S/C35H38FN3O4S/c1-25(2)37-35(41)33(22-28-11-7-5-8-12-28)38(23-29-17-19-30(36)20-18-29)34(40)24-39(32-21-26(3)15-16-27(32)4)44(42,43)31-13-9-6-10-14-31/h5-21,25,33H,22-24H2,1-4H3,(H,37,41)/t33-/m0/s1. The summed E-state index contributed by atoms with van der Waals surface area (Å²) < 4.78 is 43.2. The Morgan fingerprint density at radius 3 is 2.05 bits per heavy atom. The lowest BCUT2D eigenvalue weighted by Gasteiger charge is -2.34. The second-order valence-corrected chi connectivity index (χ2v) is 13.0. The third-order valence-corrected chi connectivity index (χ3v) is 8.99. The minimum absolute atomic E-state index is 0.0336. The normalized spacial score (nSPS) is 12.0.